The Labute approximate surface area is 241 Å². The Bertz CT molecular complexity index is 1060. The van der Waals surface area contributed by atoms with Crippen molar-refractivity contribution in [3.8, 4) is 11.5 Å². The summed E-state index contributed by atoms with van der Waals surface area (Å²) in [5.41, 5.74) is 2.36. The molecule has 4 heteroatoms. The van der Waals surface area contributed by atoms with Crippen LogP contribution in [0.15, 0.2) is 36.4 Å². The zero-order valence-corrected chi connectivity index (χ0v) is 24.8. The van der Waals surface area contributed by atoms with Gasteiger partial charge in [-0.2, -0.15) is 8.78 Å². The van der Waals surface area contributed by atoms with Crippen LogP contribution in [0.25, 0.3) is 0 Å². The van der Waals surface area contributed by atoms with Crippen LogP contribution >= 0.6 is 0 Å². The third-order valence-corrected chi connectivity index (χ3v) is 10.5. The van der Waals surface area contributed by atoms with Gasteiger partial charge in [0.15, 0.2) is 11.5 Å². The second-order valence-corrected chi connectivity index (χ2v) is 13.1. The van der Waals surface area contributed by atoms with Crippen LogP contribution in [-0.4, -0.2) is 6.61 Å². The first kappa shape index (κ1) is 29.4. The average molecular weight is 553 g/mol. The third-order valence-electron chi connectivity index (χ3n) is 10.5. The first-order chi connectivity index (χ1) is 19.5. The smallest absolute Gasteiger partial charge is 0.204 e. The van der Waals surface area contributed by atoms with E-state index >= 15 is 0 Å². The quantitative estimate of drug-likeness (QED) is 0.276. The Morgan fingerprint density at radius 3 is 1.77 bits per heavy atom. The van der Waals surface area contributed by atoms with Crippen molar-refractivity contribution in [3.05, 3.63) is 59.2 Å². The molecule has 4 unspecified atom stereocenters. The SMILES string of the molecule is CCCC1CCC2CC(CCC3CCC(c4ccc(COc5ccc(OCC)c(F)c5F)cc4)CC3)CCC2C1. The number of halogens is 2. The maximum Gasteiger partial charge on any atom is 0.204 e. The first-order valence-electron chi connectivity index (χ1n) is 16.4. The van der Waals surface area contributed by atoms with Gasteiger partial charge in [-0.15, -0.1) is 0 Å². The fourth-order valence-electron chi connectivity index (χ4n) is 8.21. The van der Waals surface area contributed by atoms with E-state index in [2.05, 4.69) is 31.2 Å². The third kappa shape index (κ3) is 7.39. The van der Waals surface area contributed by atoms with E-state index in [4.69, 9.17) is 9.47 Å². The van der Waals surface area contributed by atoms with Crippen molar-refractivity contribution in [1.29, 1.82) is 0 Å². The molecule has 220 valence electrons. The second-order valence-electron chi connectivity index (χ2n) is 13.1. The number of rotatable bonds is 11. The van der Waals surface area contributed by atoms with Crippen LogP contribution in [0.5, 0.6) is 11.5 Å². The lowest BCUT2D eigenvalue weighted by atomic mass is 9.63. The summed E-state index contributed by atoms with van der Waals surface area (Å²) in [6.45, 7) is 4.58. The summed E-state index contributed by atoms with van der Waals surface area (Å²) >= 11 is 0. The van der Waals surface area contributed by atoms with Gasteiger partial charge in [-0.1, -0.05) is 69.7 Å². The van der Waals surface area contributed by atoms with Gasteiger partial charge in [-0.25, -0.2) is 0 Å². The normalized spacial score (nSPS) is 28.6. The lowest BCUT2D eigenvalue weighted by Crippen LogP contribution is -2.31. The van der Waals surface area contributed by atoms with Crippen molar-refractivity contribution in [1.82, 2.24) is 0 Å². The molecule has 0 amide bonds. The molecule has 2 aromatic carbocycles. The highest BCUT2D eigenvalue weighted by Gasteiger charge is 2.35. The van der Waals surface area contributed by atoms with Crippen LogP contribution in [0.3, 0.4) is 0 Å². The average Bonchev–Trinajstić information content (AvgIpc) is 2.99. The summed E-state index contributed by atoms with van der Waals surface area (Å²) in [6, 6.07) is 11.4. The Morgan fingerprint density at radius 2 is 1.18 bits per heavy atom. The standard InChI is InChI=1S/C36H50F2O2/c1-3-5-26-10-18-32-23-27(11-19-31(32)22-26)7-6-25-8-14-29(15-9-25)30-16-12-28(13-17-30)24-40-34-21-20-33(39-4-2)35(37)36(34)38/h12-13,16-17,20-21,25-27,29,31-32H,3-11,14-15,18-19,22-24H2,1-2H3. The van der Waals surface area contributed by atoms with Crippen LogP contribution in [-0.2, 0) is 6.61 Å². The van der Waals surface area contributed by atoms with Crippen molar-refractivity contribution in [3.63, 3.8) is 0 Å². The number of fused-ring (bicyclic) bond motifs is 1. The summed E-state index contributed by atoms with van der Waals surface area (Å²) in [5, 5.41) is 0. The van der Waals surface area contributed by atoms with E-state index < -0.39 is 11.6 Å². The highest BCUT2D eigenvalue weighted by Crippen LogP contribution is 2.47. The first-order valence-corrected chi connectivity index (χ1v) is 16.4. The molecule has 5 rings (SSSR count). The van der Waals surface area contributed by atoms with Crippen LogP contribution in [0, 0.1) is 41.2 Å². The topological polar surface area (TPSA) is 18.5 Å². The van der Waals surface area contributed by atoms with Crippen molar-refractivity contribution in [2.75, 3.05) is 6.61 Å². The van der Waals surface area contributed by atoms with Crippen molar-refractivity contribution in [2.24, 2.45) is 29.6 Å². The largest absolute Gasteiger partial charge is 0.491 e. The summed E-state index contributed by atoms with van der Waals surface area (Å²) in [7, 11) is 0. The van der Waals surface area contributed by atoms with Crippen molar-refractivity contribution >= 4 is 0 Å². The predicted octanol–water partition coefficient (Wildman–Crippen LogP) is 10.6. The Hall–Kier alpha value is -2.10. The highest BCUT2D eigenvalue weighted by atomic mass is 19.2. The summed E-state index contributed by atoms with van der Waals surface area (Å²) in [4.78, 5) is 0. The van der Waals surface area contributed by atoms with Gasteiger partial charge >= 0.3 is 0 Å². The minimum Gasteiger partial charge on any atom is -0.491 e. The van der Waals surface area contributed by atoms with Gasteiger partial charge in [0, 0.05) is 0 Å². The maximum atomic E-state index is 14.3. The van der Waals surface area contributed by atoms with Crippen LogP contribution in [0.1, 0.15) is 121 Å². The van der Waals surface area contributed by atoms with E-state index in [9.17, 15) is 8.78 Å². The van der Waals surface area contributed by atoms with E-state index in [0.717, 1.165) is 35.2 Å². The van der Waals surface area contributed by atoms with Gasteiger partial charge in [0.05, 0.1) is 6.61 Å². The molecule has 0 N–H and O–H groups in total. The number of ether oxygens (including phenoxy) is 2. The van der Waals surface area contributed by atoms with Gasteiger partial charge in [0.25, 0.3) is 0 Å². The minimum absolute atomic E-state index is 0.0848. The van der Waals surface area contributed by atoms with Crippen molar-refractivity contribution < 1.29 is 18.3 Å². The molecule has 3 aliphatic rings. The monoisotopic (exact) mass is 552 g/mol. The molecule has 0 saturated heterocycles. The van der Waals surface area contributed by atoms with Crippen LogP contribution in [0.2, 0.25) is 0 Å². The van der Waals surface area contributed by atoms with Gasteiger partial charge < -0.3 is 9.47 Å². The fraction of sp³-hybridized carbons (Fsp3) is 0.667. The molecule has 4 atom stereocenters. The van der Waals surface area contributed by atoms with Gasteiger partial charge in [-0.05, 0) is 117 Å². The van der Waals surface area contributed by atoms with Crippen molar-refractivity contribution in [2.45, 2.75) is 116 Å². The van der Waals surface area contributed by atoms with E-state index in [1.54, 1.807) is 6.92 Å². The lowest BCUT2D eigenvalue weighted by Gasteiger charge is -2.42. The molecule has 0 aromatic heterocycles. The molecule has 2 aromatic rings. The van der Waals surface area contributed by atoms with E-state index in [1.165, 1.54) is 108 Å². The number of hydrogen-bond donors (Lipinski definition) is 0. The number of hydrogen-bond acceptors (Lipinski definition) is 2. The van der Waals surface area contributed by atoms with Crippen LogP contribution in [0.4, 0.5) is 8.78 Å². The molecule has 0 bridgehead atoms. The molecule has 0 spiro atoms. The summed E-state index contributed by atoms with van der Waals surface area (Å²) in [5.74, 6) is 3.48. The molecule has 0 radical (unpaired) electrons. The zero-order chi connectivity index (χ0) is 27.9. The molecule has 3 fully saturated rings. The second kappa shape index (κ2) is 14.2. The fourth-order valence-corrected chi connectivity index (χ4v) is 8.21. The van der Waals surface area contributed by atoms with Gasteiger partial charge in [0.1, 0.15) is 6.61 Å². The maximum absolute atomic E-state index is 14.3. The molecule has 40 heavy (non-hydrogen) atoms. The molecular weight excluding hydrogens is 502 g/mol. The zero-order valence-electron chi connectivity index (χ0n) is 24.8. The molecule has 3 aliphatic carbocycles. The molecule has 3 saturated carbocycles. The van der Waals surface area contributed by atoms with Crippen LogP contribution < -0.4 is 9.47 Å². The number of benzene rings is 2. The Morgan fingerprint density at radius 1 is 0.625 bits per heavy atom. The summed E-state index contributed by atoms with van der Waals surface area (Å²) < 4.78 is 39.1. The minimum atomic E-state index is -0.999. The lowest BCUT2D eigenvalue weighted by molar-refractivity contribution is 0.0885. The predicted molar refractivity (Wildman–Crippen MR) is 159 cm³/mol. The summed E-state index contributed by atoms with van der Waals surface area (Å²) in [6.07, 6.45) is 20.1. The van der Waals surface area contributed by atoms with Gasteiger partial charge in [-0.3, -0.25) is 0 Å². The van der Waals surface area contributed by atoms with Gasteiger partial charge in [0.2, 0.25) is 11.6 Å². The molecule has 2 nitrogen and oxygen atoms in total. The van der Waals surface area contributed by atoms with E-state index in [-0.39, 0.29) is 24.7 Å². The van der Waals surface area contributed by atoms with E-state index in [0.29, 0.717) is 5.92 Å². The Balaban J connectivity index is 1.02. The molecular formula is C36H50F2O2. The highest BCUT2D eigenvalue weighted by molar-refractivity contribution is 5.35. The molecule has 0 heterocycles. The van der Waals surface area contributed by atoms with E-state index in [1.807, 2.05) is 0 Å². The Kier molecular flexibility index (Phi) is 10.4. The molecule has 0 aliphatic heterocycles.